The summed E-state index contributed by atoms with van der Waals surface area (Å²) in [7, 11) is 0. The van der Waals surface area contributed by atoms with E-state index in [1.54, 1.807) is 0 Å². The Kier molecular flexibility index (Phi) is 5.47. The quantitative estimate of drug-likeness (QED) is 0.796. The minimum atomic E-state index is -0.643. The summed E-state index contributed by atoms with van der Waals surface area (Å²) in [5.41, 5.74) is 0.000753. The summed E-state index contributed by atoms with van der Waals surface area (Å²) in [5, 5.41) is 14.0. The Labute approximate surface area is 170 Å². The van der Waals surface area contributed by atoms with E-state index in [2.05, 4.69) is 10.3 Å². The zero-order valence-corrected chi connectivity index (χ0v) is 17.0. The first-order valence-electron chi connectivity index (χ1n) is 10.5. The average Bonchev–Trinajstić information content (AvgIpc) is 2.63. The van der Waals surface area contributed by atoms with Gasteiger partial charge in [-0.05, 0) is 70.4 Å². The number of benzene rings is 1. The van der Waals surface area contributed by atoms with E-state index in [-0.39, 0.29) is 29.8 Å². The third kappa shape index (κ3) is 4.53. The van der Waals surface area contributed by atoms with Crippen LogP contribution in [0.15, 0.2) is 30.5 Å². The van der Waals surface area contributed by atoms with Gasteiger partial charge in [-0.1, -0.05) is 12.1 Å². The molecule has 5 nitrogen and oxygen atoms in total. The fraction of sp³-hybridized carbons (Fsp3) is 0.565. The van der Waals surface area contributed by atoms with Gasteiger partial charge in [0.15, 0.2) is 0 Å². The maximum Gasteiger partial charge on any atom is 0.223 e. The van der Waals surface area contributed by atoms with E-state index in [0.29, 0.717) is 35.4 Å². The van der Waals surface area contributed by atoms with E-state index in [1.807, 2.05) is 32.0 Å². The highest BCUT2D eigenvalue weighted by molar-refractivity contribution is 5.84. The number of carbonyl (C=O) groups is 1. The van der Waals surface area contributed by atoms with Crippen LogP contribution in [-0.4, -0.2) is 33.7 Å². The van der Waals surface area contributed by atoms with Crippen molar-refractivity contribution in [1.29, 1.82) is 0 Å². The summed E-state index contributed by atoms with van der Waals surface area (Å²) in [4.78, 5) is 16.7. The SMILES string of the molecule is CC(C)(O)[C@H]1CC[C@H](NC(=O)[C@H]2C[C@H](Oc3cccc4cc(F)cnc34)C2)CC1. The molecule has 2 fully saturated rings. The molecule has 0 radical (unpaired) electrons. The molecule has 4 rings (SSSR count). The lowest BCUT2D eigenvalue weighted by Gasteiger charge is -2.38. The van der Waals surface area contributed by atoms with Gasteiger partial charge in [0.25, 0.3) is 0 Å². The van der Waals surface area contributed by atoms with Crippen molar-refractivity contribution in [3.8, 4) is 5.75 Å². The van der Waals surface area contributed by atoms with Gasteiger partial charge >= 0.3 is 0 Å². The van der Waals surface area contributed by atoms with Gasteiger partial charge in [-0.2, -0.15) is 0 Å². The molecule has 0 unspecified atom stereocenters. The number of aliphatic hydroxyl groups is 1. The summed E-state index contributed by atoms with van der Waals surface area (Å²) >= 11 is 0. The molecule has 0 saturated heterocycles. The summed E-state index contributed by atoms with van der Waals surface area (Å²) in [6, 6.07) is 7.12. The third-order valence-electron chi connectivity index (χ3n) is 6.47. The maximum absolute atomic E-state index is 13.4. The molecule has 1 aromatic heterocycles. The van der Waals surface area contributed by atoms with Gasteiger partial charge < -0.3 is 15.2 Å². The van der Waals surface area contributed by atoms with Crippen molar-refractivity contribution in [1.82, 2.24) is 10.3 Å². The molecule has 2 aliphatic carbocycles. The highest BCUT2D eigenvalue weighted by Gasteiger charge is 2.38. The number of pyridine rings is 1. The molecule has 1 heterocycles. The van der Waals surface area contributed by atoms with Crippen molar-refractivity contribution in [2.24, 2.45) is 11.8 Å². The van der Waals surface area contributed by atoms with Gasteiger partial charge in [0, 0.05) is 17.3 Å². The van der Waals surface area contributed by atoms with E-state index in [4.69, 9.17) is 4.74 Å². The first kappa shape index (κ1) is 20.1. The minimum Gasteiger partial charge on any atom is -0.488 e. The van der Waals surface area contributed by atoms with Gasteiger partial charge in [-0.3, -0.25) is 4.79 Å². The van der Waals surface area contributed by atoms with Crippen molar-refractivity contribution in [2.45, 2.75) is 70.1 Å². The van der Waals surface area contributed by atoms with Crippen LogP contribution in [0.25, 0.3) is 10.9 Å². The van der Waals surface area contributed by atoms with Crippen LogP contribution in [-0.2, 0) is 4.79 Å². The minimum absolute atomic E-state index is 0.0193. The van der Waals surface area contributed by atoms with Crippen molar-refractivity contribution in [3.05, 3.63) is 36.3 Å². The molecular weight excluding hydrogens is 371 g/mol. The first-order valence-corrected chi connectivity index (χ1v) is 10.5. The van der Waals surface area contributed by atoms with Crippen molar-refractivity contribution >= 4 is 16.8 Å². The summed E-state index contributed by atoms with van der Waals surface area (Å²) in [6.07, 6.45) is 6.27. The number of nitrogens with zero attached hydrogens (tertiary/aromatic N) is 1. The molecule has 2 aliphatic rings. The molecular formula is C23H29FN2O3. The van der Waals surface area contributed by atoms with Crippen LogP contribution in [0.4, 0.5) is 4.39 Å². The lowest BCUT2D eigenvalue weighted by atomic mass is 9.76. The van der Waals surface area contributed by atoms with Gasteiger partial charge in [-0.15, -0.1) is 0 Å². The fourth-order valence-corrected chi connectivity index (χ4v) is 4.52. The van der Waals surface area contributed by atoms with Crippen LogP contribution >= 0.6 is 0 Å². The highest BCUT2D eigenvalue weighted by atomic mass is 19.1. The Morgan fingerprint density at radius 1 is 1.24 bits per heavy atom. The predicted molar refractivity (Wildman–Crippen MR) is 109 cm³/mol. The number of rotatable bonds is 5. The molecule has 2 aromatic rings. The first-order chi connectivity index (χ1) is 13.8. The highest BCUT2D eigenvalue weighted by Crippen LogP contribution is 2.36. The molecule has 0 bridgehead atoms. The number of para-hydroxylation sites is 1. The number of ether oxygens (including phenoxy) is 1. The van der Waals surface area contributed by atoms with E-state index < -0.39 is 5.60 Å². The Balaban J connectivity index is 1.26. The topological polar surface area (TPSA) is 71.5 Å². The standard InChI is InChI=1S/C23H29FN2O3/c1-23(2,28)16-6-8-18(9-7-16)26-22(27)15-11-19(12-15)29-20-5-3-4-14-10-17(24)13-25-21(14)20/h3-5,10,13,15-16,18-19,28H,6-9,11-12H2,1-2H3,(H,26,27)/t15-,16-,18-,19-. The van der Waals surface area contributed by atoms with E-state index in [9.17, 15) is 14.3 Å². The van der Waals surface area contributed by atoms with Crippen molar-refractivity contribution in [3.63, 3.8) is 0 Å². The van der Waals surface area contributed by atoms with Gasteiger partial charge in [-0.25, -0.2) is 9.37 Å². The Bertz CT molecular complexity index is 881. The van der Waals surface area contributed by atoms with Crippen molar-refractivity contribution in [2.75, 3.05) is 0 Å². The summed E-state index contributed by atoms with van der Waals surface area (Å²) in [5.74, 6) is 0.657. The van der Waals surface area contributed by atoms with Crippen LogP contribution in [0.2, 0.25) is 0 Å². The fourth-order valence-electron chi connectivity index (χ4n) is 4.52. The number of fused-ring (bicyclic) bond motifs is 1. The molecule has 1 aromatic carbocycles. The lowest BCUT2D eigenvalue weighted by molar-refractivity contribution is -0.131. The molecule has 6 heteroatoms. The summed E-state index contributed by atoms with van der Waals surface area (Å²) < 4.78 is 19.4. The number of hydrogen-bond acceptors (Lipinski definition) is 4. The second-order valence-corrected chi connectivity index (χ2v) is 9.10. The third-order valence-corrected chi connectivity index (χ3v) is 6.47. The number of nitrogens with one attached hydrogen (secondary N) is 1. The smallest absolute Gasteiger partial charge is 0.223 e. The normalized spacial score (nSPS) is 27.3. The van der Waals surface area contributed by atoms with Crippen molar-refractivity contribution < 1.29 is 19.0 Å². The van der Waals surface area contributed by atoms with E-state index >= 15 is 0 Å². The monoisotopic (exact) mass is 400 g/mol. The molecule has 0 aliphatic heterocycles. The Morgan fingerprint density at radius 3 is 2.66 bits per heavy atom. The molecule has 1 amide bonds. The number of amides is 1. The Morgan fingerprint density at radius 2 is 1.97 bits per heavy atom. The number of halogens is 1. The van der Waals surface area contributed by atoms with Crippen LogP contribution in [0.1, 0.15) is 52.4 Å². The van der Waals surface area contributed by atoms with Gasteiger partial charge in [0.1, 0.15) is 23.2 Å². The van der Waals surface area contributed by atoms with Gasteiger partial charge in [0.2, 0.25) is 5.91 Å². The van der Waals surface area contributed by atoms with Crippen LogP contribution in [0, 0.1) is 17.7 Å². The second kappa shape index (κ2) is 7.90. The molecule has 0 atom stereocenters. The zero-order chi connectivity index (χ0) is 20.6. The zero-order valence-electron chi connectivity index (χ0n) is 17.0. The largest absolute Gasteiger partial charge is 0.488 e. The Hall–Kier alpha value is -2.21. The van der Waals surface area contributed by atoms with Gasteiger partial charge in [0.05, 0.1) is 11.8 Å². The molecule has 29 heavy (non-hydrogen) atoms. The molecule has 2 saturated carbocycles. The molecule has 156 valence electrons. The lowest BCUT2D eigenvalue weighted by Crippen LogP contribution is -2.48. The van der Waals surface area contributed by atoms with Crippen LogP contribution in [0.3, 0.4) is 0 Å². The number of carbonyl (C=O) groups excluding carboxylic acids is 1. The van der Waals surface area contributed by atoms with Crippen LogP contribution in [0.5, 0.6) is 5.75 Å². The average molecular weight is 400 g/mol. The predicted octanol–water partition coefficient (Wildman–Crippen LogP) is 3.98. The second-order valence-electron chi connectivity index (χ2n) is 9.10. The number of aromatic nitrogens is 1. The summed E-state index contributed by atoms with van der Waals surface area (Å²) in [6.45, 7) is 3.74. The maximum atomic E-state index is 13.4. The van der Waals surface area contributed by atoms with E-state index in [1.165, 1.54) is 12.3 Å². The van der Waals surface area contributed by atoms with E-state index in [0.717, 1.165) is 25.7 Å². The number of hydrogen-bond donors (Lipinski definition) is 2. The van der Waals surface area contributed by atoms with Crippen LogP contribution < -0.4 is 10.1 Å². The molecule has 0 spiro atoms. The molecule has 2 N–H and O–H groups in total.